The lowest BCUT2D eigenvalue weighted by Crippen LogP contribution is -2.40. The first kappa shape index (κ1) is 19.8. The fraction of sp³-hybridized carbons (Fsp3) is 0.588. The summed E-state index contributed by atoms with van der Waals surface area (Å²) in [5.41, 5.74) is -0.826. The Morgan fingerprint density at radius 2 is 1.92 bits per heavy atom. The van der Waals surface area contributed by atoms with Crippen molar-refractivity contribution in [2.45, 2.75) is 43.1 Å². The van der Waals surface area contributed by atoms with Crippen LogP contribution in [0.3, 0.4) is 0 Å². The Labute approximate surface area is 148 Å². The molecule has 0 aliphatic heterocycles. The molecule has 25 heavy (non-hydrogen) atoms. The minimum atomic E-state index is -3.78. The molecule has 0 unspecified atom stereocenters. The number of carbonyl (C=O) groups excluding carboxylic acids is 1. The van der Waals surface area contributed by atoms with Crippen molar-refractivity contribution in [2.75, 3.05) is 19.7 Å². The number of amides is 1. The van der Waals surface area contributed by atoms with Crippen LogP contribution in [0.4, 0.5) is 0 Å². The maximum absolute atomic E-state index is 12.3. The number of aliphatic hydroxyl groups is 2. The average Bonchev–Trinajstić information content (AvgIpc) is 3.41. The van der Waals surface area contributed by atoms with Crippen molar-refractivity contribution in [1.29, 1.82) is 0 Å². The molecule has 1 atom stereocenters. The molecule has 0 spiro atoms. The minimum absolute atomic E-state index is 0.0317. The summed E-state index contributed by atoms with van der Waals surface area (Å²) < 4.78 is 26.9. The number of sulfonamides is 1. The Morgan fingerprint density at radius 1 is 1.28 bits per heavy atom. The molecule has 0 aromatic heterocycles. The second-order valence-electron chi connectivity index (χ2n) is 6.83. The number of hydrogen-bond acceptors (Lipinski definition) is 5. The van der Waals surface area contributed by atoms with Gasteiger partial charge in [0.15, 0.2) is 0 Å². The first-order valence-electron chi connectivity index (χ1n) is 8.45. The van der Waals surface area contributed by atoms with Gasteiger partial charge in [0, 0.05) is 25.3 Å². The van der Waals surface area contributed by atoms with Crippen molar-refractivity contribution < 1.29 is 23.4 Å². The van der Waals surface area contributed by atoms with Crippen molar-refractivity contribution in [3.05, 3.63) is 29.8 Å². The largest absolute Gasteiger partial charge is 0.396 e. The van der Waals surface area contributed by atoms with Crippen LogP contribution in [0.2, 0.25) is 0 Å². The lowest BCUT2D eigenvalue weighted by molar-refractivity contribution is 0.0488. The van der Waals surface area contributed by atoms with E-state index >= 15 is 0 Å². The van der Waals surface area contributed by atoms with Gasteiger partial charge in [0.2, 0.25) is 10.0 Å². The number of aliphatic hydroxyl groups excluding tert-OH is 1. The van der Waals surface area contributed by atoms with Gasteiger partial charge in [-0.3, -0.25) is 4.79 Å². The molecule has 1 aromatic rings. The Balaban J connectivity index is 1.93. The van der Waals surface area contributed by atoms with E-state index in [4.69, 9.17) is 5.11 Å². The average molecular weight is 370 g/mol. The molecule has 0 heterocycles. The molecular weight excluding hydrogens is 344 g/mol. The maximum Gasteiger partial charge on any atom is 0.251 e. The summed E-state index contributed by atoms with van der Waals surface area (Å²) >= 11 is 0. The van der Waals surface area contributed by atoms with Crippen molar-refractivity contribution >= 4 is 15.9 Å². The van der Waals surface area contributed by atoms with Gasteiger partial charge in [-0.15, -0.1) is 0 Å². The quantitative estimate of drug-likeness (QED) is 0.482. The molecule has 7 nitrogen and oxygen atoms in total. The summed E-state index contributed by atoms with van der Waals surface area (Å²) in [5, 5.41) is 21.7. The molecule has 1 aliphatic rings. The van der Waals surface area contributed by atoms with Gasteiger partial charge in [0.05, 0.1) is 10.5 Å². The van der Waals surface area contributed by atoms with Crippen molar-refractivity contribution in [2.24, 2.45) is 5.92 Å². The zero-order valence-electron chi connectivity index (χ0n) is 14.4. The molecule has 140 valence electrons. The number of benzene rings is 1. The number of rotatable bonds is 10. The molecule has 1 fully saturated rings. The van der Waals surface area contributed by atoms with E-state index in [0.29, 0.717) is 24.4 Å². The molecule has 8 heteroatoms. The highest BCUT2D eigenvalue weighted by Crippen LogP contribution is 2.27. The monoisotopic (exact) mass is 370 g/mol. The first-order chi connectivity index (χ1) is 11.7. The van der Waals surface area contributed by atoms with Gasteiger partial charge in [-0.2, -0.15) is 0 Å². The van der Waals surface area contributed by atoms with E-state index in [1.54, 1.807) is 0 Å². The highest BCUT2D eigenvalue weighted by molar-refractivity contribution is 7.89. The van der Waals surface area contributed by atoms with Gasteiger partial charge < -0.3 is 15.5 Å². The molecule has 1 amide bonds. The summed E-state index contributed by atoms with van der Waals surface area (Å²) in [6.45, 7) is 1.95. The highest BCUT2D eigenvalue weighted by atomic mass is 32.2. The van der Waals surface area contributed by atoms with E-state index < -0.39 is 15.6 Å². The van der Waals surface area contributed by atoms with Crippen LogP contribution in [0, 0.1) is 5.92 Å². The van der Waals surface area contributed by atoms with Gasteiger partial charge in [-0.1, -0.05) is 0 Å². The summed E-state index contributed by atoms with van der Waals surface area (Å²) in [6.07, 6.45) is 2.96. The second kappa shape index (κ2) is 8.27. The van der Waals surface area contributed by atoms with Crippen LogP contribution in [0.25, 0.3) is 0 Å². The van der Waals surface area contributed by atoms with E-state index in [1.807, 2.05) is 0 Å². The molecule has 0 saturated heterocycles. The van der Waals surface area contributed by atoms with E-state index in [-0.39, 0.29) is 30.4 Å². The molecule has 1 aliphatic carbocycles. The van der Waals surface area contributed by atoms with Crippen LogP contribution >= 0.6 is 0 Å². The van der Waals surface area contributed by atoms with Crippen molar-refractivity contribution in [3.8, 4) is 0 Å². The van der Waals surface area contributed by atoms with Crippen LogP contribution in [0.1, 0.15) is 43.0 Å². The number of carbonyl (C=O) groups is 1. The second-order valence-corrected chi connectivity index (χ2v) is 8.59. The van der Waals surface area contributed by atoms with E-state index in [9.17, 15) is 18.3 Å². The summed E-state index contributed by atoms with van der Waals surface area (Å²) in [4.78, 5) is 12.0. The minimum Gasteiger partial charge on any atom is -0.396 e. The SMILES string of the molecule is C[C@](O)(CCCO)CNS(=O)(=O)c1ccc(C(=O)NCC2CC2)cc1. The third-order valence-electron chi connectivity index (χ3n) is 4.19. The normalized spacial score (nSPS) is 17.1. The van der Waals surface area contributed by atoms with Gasteiger partial charge in [0.25, 0.3) is 5.91 Å². The maximum atomic E-state index is 12.3. The fourth-order valence-corrected chi connectivity index (χ4v) is 3.49. The Bertz CT molecular complexity index is 681. The zero-order valence-corrected chi connectivity index (χ0v) is 15.2. The Morgan fingerprint density at radius 3 is 2.48 bits per heavy atom. The third kappa shape index (κ3) is 6.39. The van der Waals surface area contributed by atoms with Gasteiger partial charge in [-0.05, 0) is 62.8 Å². The molecule has 1 aromatic carbocycles. The molecular formula is C17H26N2O5S. The zero-order chi connectivity index (χ0) is 18.5. The number of hydrogen-bond donors (Lipinski definition) is 4. The fourth-order valence-electron chi connectivity index (χ4n) is 2.33. The standard InChI is InChI=1S/C17H26N2O5S/c1-17(22,9-2-10-20)12-19-25(23,24)15-7-5-14(6-8-15)16(21)18-11-13-3-4-13/h5-8,13,19-20,22H,2-4,9-12H2,1H3,(H,18,21)/t17-/m0/s1. The van der Waals surface area contributed by atoms with E-state index in [2.05, 4.69) is 10.0 Å². The lowest BCUT2D eigenvalue weighted by Gasteiger charge is -2.23. The topological polar surface area (TPSA) is 116 Å². The molecule has 2 rings (SSSR count). The molecule has 0 radical (unpaired) electrons. The predicted octanol–water partition coefficient (Wildman–Crippen LogP) is 0.628. The summed E-state index contributed by atoms with van der Waals surface area (Å²) in [6, 6.07) is 5.69. The summed E-state index contributed by atoms with van der Waals surface area (Å²) in [7, 11) is -3.78. The van der Waals surface area contributed by atoms with Crippen molar-refractivity contribution in [1.82, 2.24) is 10.0 Å². The highest BCUT2D eigenvalue weighted by Gasteiger charge is 2.24. The first-order valence-corrected chi connectivity index (χ1v) is 9.93. The smallest absolute Gasteiger partial charge is 0.251 e. The van der Waals surface area contributed by atoms with Crippen LogP contribution in [0.5, 0.6) is 0 Å². The Hall–Kier alpha value is -1.48. The van der Waals surface area contributed by atoms with Gasteiger partial charge >= 0.3 is 0 Å². The van der Waals surface area contributed by atoms with Crippen LogP contribution in [-0.4, -0.2) is 49.8 Å². The van der Waals surface area contributed by atoms with Gasteiger partial charge in [-0.25, -0.2) is 13.1 Å². The summed E-state index contributed by atoms with van der Waals surface area (Å²) in [5.74, 6) is 0.363. The van der Waals surface area contributed by atoms with Crippen LogP contribution < -0.4 is 10.0 Å². The third-order valence-corrected chi connectivity index (χ3v) is 5.61. The van der Waals surface area contributed by atoms with Crippen LogP contribution in [-0.2, 0) is 10.0 Å². The molecule has 1 saturated carbocycles. The van der Waals surface area contributed by atoms with Gasteiger partial charge in [0.1, 0.15) is 0 Å². The lowest BCUT2D eigenvalue weighted by atomic mass is 10.0. The predicted molar refractivity (Wildman–Crippen MR) is 93.6 cm³/mol. The van der Waals surface area contributed by atoms with Crippen molar-refractivity contribution in [3.63, 3.8) is 0 Å². The van der Waals surface area contributed by atoms with E-state index in [0.717, 1.165) is 12.8 Å². The van der Waals surface area contributed by atoms with E-state index in [1.165, 1.54) is 31.2 Å². The Kier molecular flexibility index (Phi) is 6.56. The van der Waals surface area contributed by atoms with Crippen LogP contribution in [0.15, 0.2) is 29.2 Å². The number of nitrogens with one attached hydrogen (secondary N) is 2. The molecule has 0 bridgehead atoms. The molecule has 4 N–H and O–H groups in total.